The lowest BCUT2D eigenvalue weighted by Gasteiger charge is -2.41. The van der Waals surface area contributed by atoms with Gasteiger partial charge in [-0.2, -0.15) is 0 Å². The summed E-state index contributed by atoms with van der Waals surface area (Å²) in [5.41, 5.74) is 0.507. The Morgan fingerprint density at radius 2 is 1.79 bits per heavy atom. The van der Waals surface area contributed by atoms with Crippen molar-refractivity contribution < 1.29 is 17.9 Å². The number of amides is 1. The predicted molar refractivity (Wildman–Crippen MR) is 93.1 cm³/mol. The largest absolute Gasteiger partial charge is 0.493 e. The Bertz CT molecular complexity index is 689. The van der Waals surface area contributed by atoms with Crippen molar-refractivity contribution in [3.05, 3.63) is 29.8 Å². The quantitative estimate of drug-likeness (QED) is 0.818. The molecule has 1 aromatic carbocycles. The Labute approximate surface area is 143 Å². The monoisotopic (exact) mass is 351 g/mol. The van der Waals surface area contributed by atoms with Gasteiger partial charge in [0, 0.05) is 13.1 Å². The van der Waals surface area contributed by atoms with E-state index in [1.165, 1.54) is 0 Å². The molecule has 24 heavy (non-hydrogen) atoms. The average Bonchev–Trinajstić information content (AvgIpc) is 2.55. The van der Waals surface area contributed by atoms with Crippen LogP contribution in [0.5, 0.6) is 5.75 Å². The van der Waals surface area contributed by atoms with Gasteiger partial charge in [0.15, 0.2) is 9.84 Å². The van der Waals surface area contributed by atoms with Crippen LogP contribution in [0.15, 0.2) is 24.3 Å². The van der Waals surface area contributed by atoms with Crippen LogP contribution < -0.4 is 4.74 Å². The van der Waals surface area contributed by atoms with Crippen LogP contribution >= 0.6 is 0 Å². The highest BCUT2D eigenvalue weighted by Gasteiger charge is 2.44. The first kappa shape index (κ1) is 17.3. The second-order valence-corrected chi connectivity index (χ2v) is 9.12. The van der Waals surface area contributed by atoms with Gasteiger partial charge in [-0.05, 0) is 31.9 Å². The number of hydrogen-bond donors (Lipinski definition) is 0. The van der Waals surface area contributed by atoms with Gasteiger partial charge < -0.3 is 9.64 Å². The van der Waals surface area contributed by atoms with Gasteiger partial charge >= 0.3 is 0 Å². The summed E-state index contributed by atoms with van der Waals surface area (Å²) in [6.45, 7) is 2.97. The van der Waals surface area contributed by atoms with E-state index < -0.39 is 15.1 Å². The normalized spacial score (nSPS) is 19.8. The molecule has 2 fully saturated rings. The van der Waals surface area contributed by atoms with Crippen LogP contribution in [0.2, 0.25) is 0 Å². The van der Waals surface area contributed by atoms with E-state index in [1.807, 2.05) is 13.0 Å². The lowest BCUT2D eigenvalue weighted by atomic mass is 10.0. The number of para-hydroxylation sites is 1. The van der Waals surface area contributed by atoms with Gasteiger partial charge in [0.2, 0.25) is 0 Å². The number of likely N-dealkylation sites (tertiary alicyclic amines) is 1. The van der Waals surface area contributed by atoms with Crippen LogP contribution in [0.4, 0.5) is 0 Å². The zero-order valence-electron chi connectivity index (χ0n) is 14.1. The maximum atomic E-state index is 12.7. The van der Waals surface area contributed by atoms with Crippen LogP contribution in [0.3, 0.4) is 0 Å². The Kier molecular flexibility index (Phi) is 5.13. The first-order valence-electron chi connectivity index (χ1n) is 8.78. The van der Waals surface area contributed by atoms with Crippen LogP contribution in [-0.2, 0) is 9.84 Å². The number of ether oxygens (including phenoxy) is 1. The molecule has 0 aromatic heterocycles. The number of rotatable bonds is 5. The van der Waals surface area contributed by atoms with Crippen molar-refractivity contribution in [3.8, 4) is 5.75 Å². The SMILES string of the molecule is CCOc1ccccc1C(=O)N1CC(S(=O)(=O)C2CCCCC2)C1. The van der Waals surface area contributed by atoms with Crippen LogP contribution in [0, 0.1) is 0 Å². The number of carbonyl (C=O) groups excluding carboxylic acids is 1. The number of sulfone groups is 1. The number of nitrogens with zero attached hydrogens (tertiary/aromatic N) is 1. The molecule has 0 atom stereocenters. The molecule has 0 spiro atoms. The molecule has 132 valence electrons. The molecule has 5 nitrogen and oxygen atoms in total. The maximum absolute atomic E-state index is 12.7. The van der Waals surface area contributed by atoms with Crippen molar-refractivity contribution in [2.75, 3.05) is 19.7 Å². The minimum atomic E-state index is -3.12. The molecule has 1 saturated carbocycles. The standard InChI is InChI=1S/C18H25NO4S/c1-2-23-17-11-7-6-10-16(17)18(20)19-12-15(13-19)24(21,22)14-8-4-3-5-9-14/h6-7,10-11,14-15H,2-5,8-9,12-13H2,1H3. The van der Waals surface area contributed by atoms with Gasteiger partial charge in [-0.1, -0.05) is 31.4 Å². The van der Waals surface area contributed by atoms with E-state index in [0.717, 1.165) is 32.1 Å². The summed E-state index contributed by atoms with van der Waals surface area (Å²) in [6, 6.07) is 7.13. The summed E-state index contributed by atoms with van der Waals surface area (Å²) in [7, 11) is -3.12. The zero-order valence-corrected chi connectivity index (χ0v) is 14.9. The molecule has 6 heteroatoms. The second kappa shape index (κ2) is 7.13. The molecule has 3 rings (SSSR count). The van der Waals surface area contributed by atoms with Crippen LogP contribution in [-0.4, -0.2) is 49.4 Å². The number of hydrogen-bond acceptors (Lipinski definition) is 4. The summed E-state index contributed by atoms with van der Waals surface area (Å²) in [5.74, 6) is 0.415. The van der Waals surface area contributed by atoms with Crippen molar-refractivity contribution in [3.63, 3.8) is 0 Å². The van der Waals surface area contributed by atoms with E-state index in [1.54, 1.807) is 23.1 Å². The van der Waals surface area contributed by atoms with E-state index in [4.69, 9.17) is 4.74 Å². The topological polar surface area (TPSA) is 63.7 Å². The lowest BCUT2D eigenvalue weighted by Crippen LogP contribution is -2.58. The first-order chi connectivity index (χ1) is 11.5. The van der Waals surface area contributed by atoms with Crippen molar-refractivity contribution in [2.45, 2.75) is 49.5 Å². The third kappa shape index (κ3) is 3.29. The second-order valence-electron chi connectivity index (χ2n) is 6.61. The van der Waals surface area contributed by atoms with Gasteiger partial charge in [0.1, 0.15) is 5.75 Å². The maximum Gasteiger partial charge on any atom is 0.257 e. The van der Waals surface area contributed by atoms with Crippen molar-refractivity contribution in [1.29, 1.82) is 0 Å². The minimum absolute atomic E-state index is 0.144. The molecular weight excluding hydrogens is 326 g/mol. The predicted octanol–water partition coefficient (Wildman–Crippen LogP) is 2.66. The van der Waals surface area contributed by atoms with E-state index in [9.17, 15) is 13.2 Å². The van der Waals surface area contributed by atoms with E-state index in [-0.39, 0.29) is 11.2 Å². The minimum Gasteiger partial charge on any atom is -0.493 e. The molecule has 1 aromatic rings. The molecule has 1 amide bonds. The van der Waals surface area contributed by atoms with Gasteiger partial charge in [-0.25, -0.2) is 8.42 Å². The smallest absolute Gasteiger partial charge is 0.257 e. The average molecular weight is 351 g/mol. The Hall–Kier alpha value is -1.56. The van der Waals surface area contributed by atoms with Crippen LogP contribution in [0.25, 0.3) is 0 Å². The highest BCUT2D eigenvalue weighted by atomic mass is 32.2. The van der Waals surface area contributed by atoms with Crippen molar-refractivity contribution >= 4 is 15.7 Å². The molecule has 1 saturated heterocycles. The van der Waals surface area contributed by atoms with Gasteiger partial charge in [0.25, 0.3) is 5.91 Å². The molecule has 1 aliphatic heterocycles. The molecular formula is C18H25NO4S. The summed E-state index contributed by atoms with van der Waals surface area (Å²) < 4.78 is 30.9. The highest BCUT2D eigenvalue weighted by Crippen LogP contribution is 2.31. The summed E-state index contributed by atoms with van der Waals surface area (Å²) in [4.78, 5) is 14.2. The molecule has 0 bridgehead atoms. The van der Waals surface area contributed by atoms with Gasteiger partial charge in [0.05, 0.1) is 22.7 Å². The number of benzene rings is 1. The van der Waals surface area contributed by atoms with Crippen molar-refractivity contribution in [1.82, 2.24) is 4.90 Å². The fourth-order valence-corrected chi connectivity index (χ4v) is 5.88. The lowest BCUT2D eigenvalue weighted by molar-refractivity contribution is 0.0654. The van der Waals surface area contributed by atoms with Crippen LogP contribution in [0.1, 0.15) is 49.4 Å². The molecule has 0 N–H and O–H groups in total. The fourth-order valence-electron chi connectivity index (χ4n) is 3.57. The number of carbonyl (C=O) groups is 1. The Morgan fingerprint density at radius 3 is 2.46 bits per heavy atom. The zero-order chi connectivity index (χ0) is 17.2. The molecule has 2 aliphatic rings. The van der Waals surface area contributed by atoms with Gasteiger partial charge in [-0.3, -0.25) is 4.79 Å². The summed E-state index contributed by atoms with van der Waals surface area (Å²) in [6.07, 6.45) is 4.69. The Balaban J connectivity index is 1.65. The highest BCUT2D eigenvalue weighted by molar-refractivity contribution is 7.92. The van der Waals surface area contributed by atoms with E-state index in [2.05, 4.69) is 0 Å². The molecule has 1 aliphatic carbocycles. The fraction of sp³-hybridized carbons (Fsp3) is 0.611. The molecule has 0 radical (unpaired) electrons. The van der Waals surface area contributed by atoms with E-state index >= 15 is 0 Å². The van der Waals surface area contributed by atoms with Gasteiger partial charge in [-0.15, -0.1) is 0 Å². The van der Waals surface area contributed by atoms with E-state index in [0.29, 0.717) is 31.0 Å². The Morgan fingerprint density at radius 1 is 1.12 bits per heavy atom. The third-order valence-electron chi connectivity index (χ3n) is 5.03. The summed E-state index contributed by atoms with van der Waals surface area (Å²) >= 11 is 0. The first-order valence-corrected chi connectivity index (χ1v) is 10.4. The summed E-state index contributed by atoms with van der Waals surface area (Å²) in [5, 5.41) is -0.604. The third-order valence-corrected chi connectivity index (χ3v) is 7.66. The van der Waals surface area contributed by atoms with Crippen molar-refractivity contribution in [2.24, 2.45) is 0 Å². The molecule has 1 heterocycles. The molecule has 0 unspecified atom stereocenters.